The van der Waals surface area contributed by atoms with Gasteiger partial charge in [0.05, 0.1) is 11.2 Å². The Morgan fingerprint density at radius 2 is 1.44 bits per heavy atom. The van der Waals surface area contributed by atoms with Crippen molar-refractivity contribution < 1.29 is 9.31 Å². The van der Waals surface area contributed by atoms with Crippen LogP contribution in [0.2, 0.25) is 0 Å². The molecule has 2 heterocycles. The number of benzene rings is 2. The van der Waals surface area contributed by atoms with Gasteiger partial charge in [0, 0.05) is 15.0 Å². The second kappa shape index (κ2) is 5.25. The van der Waals surface area contributed by atoms with Gasteiger partial charge in [0.2, 0.25) is 0 Å². The van der Waals surface area contributed by atoms with Gasteiger partial charge < -0.3 is 9.31 Å². The van der Waals surface area contributed by atoms with Crippen molar-refractivity contribution in [2.75, 3.05) is 0 Å². The Hall–Kier alpha value is -1.62. The molecule has 1 saturated heterocycles. The van der Waals surface area contributed by atoms with Crippen LogP contribution in [0.1, 0.15) is 52.7 Å². The van der Waals surface area contributed by atoms with Gasteiger partial charge in [-0.3, -0.25) is 0 Å². The van der Waals surface area contributed by atoms with Gasteiger partial charge in [-0.1, -0.05) is 50.2 Å². The van der Waals surface area contributed by atoms with E-state index in [1.165, 1.54) is 37.1 Å². The quantitative estimate of drug-likeness (QED) is 0.522. The van der Waals surface area contributed by atoms with Crippen molar-refractivity contribution in [2.24, 2.45) is 0 Å². The lowest BCUT2D eigenvalue weighted by Crippen LogP contribution is -2.41. The smallest absolute Gasteiger partial charge is 0.399 e. The lowest BCUT2D eigenvalue weighted by Gasteiger charge is -2.32. The zero-order valence-electron chi connectivity index (χ0n) is 16.8. The summed E-state index contributed by atoms with van der Waals surface area (Å²) in [5.41, 5.74) is 4.57. The highest BCUT2D eigenvalue weighted by Crippen LogP contribution is 2.55. The van der Waals surface area contributed by atoms with Crippen LogP contribution in [-0.2, 0) is 14.7 Å². The van der Waals surface area contributed by atoms with Crippen LogP contribution in [0.15, 0.2) is 42.5 Å². The summed E-state index contributed by atoms with van der Waals surface area (Å²) in [6, 6.07) is 15.3. The maximum atomic E-state index is 6.41. The second-order valence-electron chi connectivity index (χ2n) is 9.29. The minimum Gasteiger partial charge on any atom is -0.399 e. The first kappa shape index (κ1) is 17.5. The summed E-state index contributed by atoms with van der Waals surface area (Å²) < 4.78 is 14.2. The van der Waals surface area contributed by atoms with Crippen molar-refractivity contribution in [3.05, 3.63) is 53.6 Å². The third-order valence-electron chi connectivity index (χ3n) is 6.69. The Morgan fingerprint density at radius 1 is 0.778 bits per heavy atom. The number of hydrogen-bond acceptors (Lipinski definition) is 3. The molecule has 0 unspecified atom stereocenters. The van der Waals surface area contributed by atoms with Crippen molar-refractivity contribution in [1.29, 1.82) is 0 Å². The topological polar surface area (TPSA) is 18.5 Å². The van der Waals surface area contributed by atoms with Gasteiger partial charge in [-0.2, -0.15) is 0 Å². The van der Waals surface area contributed by atoms with Crippen molar-refractivity contribution in [2.45, 2.75) is 58.2 Å². The Morgan fingerprint density at radius 3 is 2.15 bits per heavy atom. The van der Waals surface area contributed by atoms with Gasteiger partial charge in [-0.05, 0) is 61.3 Å². The van der Waals surface area contributed by atoms with Gasteiger partial charge in [0.1, 0.15) is 0 Å². The Balaban J connectivity index is 1.72. The van der Waals surface area contributed by atoms with Crippen molar-refractivity contribution in [1.82, 2.24) is 0 Å². The van der Waals surface area contributed by atoms with Crippen LogP contribution < -0.4 is 5.46 Å². The minimum atomic E-state index is -0.333. The molecule has 0 saturated carbocycles. The molecule has 5 rings (SSSR count). The normalized spacial score (nSPS) is 21.5. The molecule has 4 heteroatoms. The Kier molecular flexibility index (Phi) is 3.40. The molecule has 0 spiro atoms. The molecular formula is C23H25BO2S. The molecule has 0 N–H and O–H groups in total. The standard InChI is InChI=1S/C23H25BO2S/c1-21(2)18-15(20-19(21)14-10-7-8-13-17(14)27-20)11-9-12-16(18)24-25-22(3,4)23(5,6)26-24/h7-13H,1-6H3. The van der Waals surface area contributed by atoms with Crippen LogP contribution in [0.4, 0.5) is 0 Å². The van der Waals surface area contributed by atoms with E-state index in [9.17, 15) is 0 Å². The fourth-order valence-corrected chi connectivity index (χ4v) is 6.00. The van der Waals surface area contributed by atoms with Crippen LogP contribution in [0.5, 0.6) is 0 Å². The molecule has 2 nitrogen and oxygen atoms in total. The van der Waals surface area contributed by atoms with Gasteiger partial charge >= 0.3 is 7.12 Å². The summed E-state index contributed by atoms with van der Waals surface area (Å²) in [6.07, 6.45) is 0. The molecule has 2 aromatic carbocycles. The first-order valence-corrected chi connectivity index (χ1v) is 10.5. The fraction of sp³-hybridized carbons (Fsp3) is 0.391. The van der Waals surface area contributed by atoms with E-state index in [2.05, 4.69) is 84.0 Å². The number of rotatable bonds is 1. The number of fused-ring (bicyclic) bond motifs is 5. The highest BCUT2D eigenvalue weighted by Gasteiger charge is 2.54. The van der Waals surface area contributed by atoms with Crippen molar-refractivity contribution >= 4 is 34.0 Å². The van der Waals surface area contributed by atoms with Gasteiger partial charge in [-0.25, -0.2) is 0 Å². The Labute approximate surface area is 165 Å². The summed E-state index contributed by atoms with van der Waals surface area (Å²) >= 11 is 1.90. The van der Waals surface area contributed by atoms with E-state index in [4.69, 9.17) is 9.31 Å². The predicted octanol–water partition coefficient (Wildman–Crippen LogP) is 5.51. The van der Waals surface area contributed by atoms with E-state index in [-0.39, 0.29) is 23.7 Å². The van der Waals surface area contributed by atoms with Crippen LogP contribution in [0.25, 0.3) is 20.5 Å². The summed E-state index contributed by atoms with van der Waals surface area (Å²) in [4.78, 5) is 1.40. The predicted molar refractivity (Wildman–Crippen MR) is 115 cm³/mol. The van der Waals surface area contributed by atoms with Crippen molar-refractivity contribution in [3.63, 3.8) is 0 Å². The van der Waals surface area contributed by atoms with Gasteiger partial charge in [0.15, 0.2) is 0 Å². The summed E-state index contributed by atoms with van der Waals surface area (Å²) in [6.45, 7) is 13.1. The monoisotopic (exact) mass is 376 g/mol. The van der Waals surface area contributed by atoms with Crippen LogP contribution >= 0.6 is 11.3 Å². The maximum absolute atomic E-state index is 6.41. The second-order valence-corrected chi connectivity index (χ2v) is 10.3. The molecule has 0 bridgehead atoms. The first-order valence-electron chi connectivity index (χ1n) is 9.65. The zero-order valence-corrected chi connectivity index (χ0v) is 17.7. The zero-order chi connectivity index (χ0) is 19.2. The largest absolute Gasteiger partial charge is 0.495 e. The molecule has 138 valence electrons. The molecule has 0 amide bonds. The highest BCUT2D eigenvalue weighted by molar-refractivity contribution is 7.22. The van der Waals surface area contributed by atoms with Gasteiger partial charge in [0.25, 0.3) is 0 Å². The SMILES string of the molecule is CC1(C)c2c(B3OC(C)(C)C(C)(C)O3)cccc2-c2sc3ccccc3c21. The molecule has 27 heavy (non-hydrogen) atoms. The van der Waals surface area contributed by atoms with E-state index in [0.29, 0.717) is 0 Å². The molecule has 1 fully saturated rings. The summed E-state index contributed by atoms with van der Waals surface area (Å²) in [5.74, 6) is 0. The van der Waals surface area contributed by atoms with Crippen molar-refractivity contribution in [3.8, 4) is 10.4 Å². The molecule has 0 radical (unpaired) electrons. The van der Waals surface area contributed by atoms with Crippen LogP contribution in [0, 0.1) is 0 Å². The Bertz CT molecular complexity index is 1060. The fourth-order valence-electron chi connectivity index (χ4n) is 4.60. The first-order chi connectivity index (χ1) is 12.6. The van der Waals surface area contributed by atoms with E-state index in [1.807, 2.05) is 11.3 Å². The van der Waals surface area contributed by atoms with Crippen LogP contribution in [-0.4, -0.2) is 18.3 Å². The minimum absolute atomic E-state index is 0.0789. The van der Waals surface area contributed by atoms with E-state index < -0.39 is 0 Å². The third kappa shape index (κ3) is 2.21. The lowest BCUT2D eigenvalue weighted by atomic mass is 9.68. The molecule has 2 aliphatic rings. The highest BCUT2D eigenvalue weighted by atomic mass is 32.1. The van der Waals surface area contributed by atoms with Gasteiger partial charge in [-0.15, -0.1) is 11.3 Å². The van der Waals surface area contributed by atoms with Crippen LogP contribution in [0.3, 0.4) is 0 Å². The molecular weight excluding hydrogens is 351 g/mol. The van der Waals surface area contributed by atoms with E-state index in [1.54, 1.807) is 0 Å². The summed E-state index contributed by atoms with van der Waals surface area (Å²) in [7, 11) is -0.329. The lowest BCUT2D eigenvalue weighted by molar-refractivity contribution is 0.00578. The van der Waals surface area contributed by atoms with E-state index >= 15 is 0 Å². The number of hydrogen-bond donors (Lipinski definition) is 0. The van der Waals surface area contributed by atoms with E-state index in [0.717, 1.165) is 0 Å². The summed E-state index contributed by atoms with van der Waals surface area (Å²) in [5, 5.41) is 1.37. The molecule has 1 aliphatic carbocycles. The molecule has 0 atom stereocenters. The number of thiophene rings is 1. The maximum Gasteiger partial charge on any atom is 0.495 e. The average molecular weight is 376 g/mol. The average Bonchev–Trinajstić information content (AvgIpc) is 3.16. The molecule has 1 aromatic heterocycles. The molecule has 3 aromatic rings. The molecule has 1 aliphatic heterocycles. The third-order valence-corrected chi connectivity index (χ3v) is 7.90.